The van der Waals surface area contributed by atoms with Crippen LogP contribution in [0.4, 0.5) is 5.13 Å². The minimum absolute atomic E-state index is 0.0802. The van der Waals surface area contributed by atoms with E-state index in [0.717, 1.165) is 37.2 Å². The van der Waals surface area contributed by atoms with Crippen LogP contribution < -0.4 is 11.1 Å². The van der Waals surface area contributed by atoms with Crippen LogP contribution in [0.5, 0.6) is 0 Å². The molecule has 1 heterocycles. The zero-order valence-corrected chi connectivity index (χ0v) is 10.8. The highest BCUT2D eigenvalue weighted by Gasteiger charge is 2.26. The molecular weight excluding hydrogens is 236 g/mol. The largest absolute Gasteiger partial charge is 0.330 e. The number of nitrogens with one attached hydrogen (secondary N) is 1. The number of carbonyl (C=O) groups excluding carboxylic acids is 1. The summed E-state index contributed by atoms with van der Waals surface area (Å²) >= 11 is 1.41. The molecule has 1 aromatic heterocycles. The summed E-state index contributed by atoms with van der Waals surface area (Å²) in [7, 11) is 0. The number of nitrogens with zero attached hydrogens (tertiary/aromatic N) is 2. The smallest absolute Gasteiger partial charge is 0.229 e. The average molecular weight is 254 g/mol. The molecule has 5 nitrogen and oxygen atoms in total. The van der Waals surface area contributed by atoms with Crippen LogP contribution in [-0.2, 0) is 4.79 Å². The van der Waals surface area contributed by atoms with Crippen LogP contribution >= 0.6 is 11.3 Å². The van der Waals surface area contributed by atoms with Gasteiger partial charge in [-0.05, 0) is 45.1 Å². The molecule has 0 saturated heterocycles. The second-order valence-electron chi connectivity index (χ2n) is 4.57. The summed E-state index contributed by atoms with van der Waals surface area (Å²) in [6.45, 7) is 2.61. The molecule has 1 saturated carbocycles. The molecule has 0 radical (unpaired) electrons. The van der Waals surface area contributed by atoms with Crippen LogP contribution in [0.25, 0.3) is 0 Å². The number of carbonyl (C=O) groups is 1. The van der Waals surface area contributed by atoms with Crippen molar-refractivity contribution in [1.82, 2.24) is 10.2 Å². The van der Waals surface area contributed by atoms with E-state index < -0.39 is 0 Å². The first-order chi connectivity index (χ1) is 8.19. The zero-order valence-electron chi connectivity index (χ0n) is 9.98. The van der Waals surface area contributed by atoms with Crippen LogP contribution in [-0.4, -0.2) is 22.6 Å². The molecule has 3 N–H and O–H groups in total. The van der Waals surface area contributed by atoms with Crippen molar-refractivity contribution in [3.05, 3.63) is 5.01 Å². The number of amides is 1. The zero-order chi connectivity index (χ0) is 12.3. The lowest BCUT2D eigenvalue weighted by molar-refractivity contribution is -0.121. The summed E-state index contributed by atoms with van der Waals surface area (Å²) in [4.78, 5) is 12.0. The highest BCUT2D eigenvalue weighted by Crippen LogP contribution is 2.29. The third-order valence-electron chi connectivity index (χ3n) is 3.31. The SMILES string of the molecule is Cc1nnc(NC(=O)C2CCC(CN)CC2)s1. The lowest BCUT2D eigenvalue weighted by Crippen LogP contribution is -2.29. The summed E-state index contributed by atoms with van der Waals surface area (Å²) < 4.78 is 0. The van der Waals surface area contributed by atoms with E-state index in [2.05, 4.69) is 15.5 Å². The van der Waals surface area contributed by atoms with E-state index in [1.165, 1.54) is 11.3 Å². The fraction of sp³-hybridized carbons (Fsp3) is 0.727. The molecule has 17 heavy (non-hydrogen) atoms. The summed E-state index contributed by atoms with van der Waals surface area (Å²) in [6, 6.07) is 0. The first-order valence-electron chi connectivity index (χ1n) is 6.00. The average Bonchev–Trinajstić information content (AvgIpc) is 2.75. The van der Waals surface area contributed by atoms with E-state index in [9.17, 15) is 4.79 Å². The van der Waals surface area contributed by atoms with Gasteiger partial charge in [0.05, 0.1) is 0 Å². The molecule has 2 rings (SSSR count). The molecule has 1 amide bonds. The van der Waals surface area contributed by atoms with Crippen LogP contribution in [0, 0.1) is 18.8 Å². The Hall–Kier alpha value is -1.01. The standard InChI is InChI=1S/C11H18N4OS/c1-7-14-15-11(17-7)13-10(16)9-4-2-8(6-12)3-5-9/h8-9H,2-6,12H2,1H3,(H,13,15,16). The molecule has 0 aromatic carbocycles. The van der Waals surface area contributed by atoms with E-state index in [4.69, 9.17) is 5.73 Å². The topological polar surface area (TPSA) is 80.9 Å². The van der Waals surface area contributed by atoms with Crippen molar-refractivity contribution in [2.45, 2.75) is 32.6 Å². The van der Waals surface area contributed by atoms with E-state index in [0.29, 0.717) is 11.0 Å². The fourth-order valence-corrected chi connectivity index (χ4v) is 2.81. The van der Waals surface area contributed by atoms with Crippen molar-refractivity contribution in [1.29, 1.82) is 0 Å². The van der Waals surface area contributed by atoms with Gasteiger partial charge in [0.25, 0.3) is 0 Å². The minimum Gasteiger partial charge on any atom is -0.330 e. The monoisotopic (exact) mass is 254 g/mol. The van der Waals surface area contributed by atoms with E-state index in [1.54, 1.807) is 0 Å². The number of nitrogens with two attached hydrogens (primary N) is 1. The molecule has 1 aliphatic carbocycles. The van der Waals surface area contributed by atoms with Crippen molar-refractivity contribution in [3.8, 4) is 0 Å². The predicted octanol–water partition coefficient (Wildman–Crippen LogP) is 1.55. The maximum atomic E-state index is 12.0. The molecule has 1 aliphatic rings. The van der Waals surface area contributed by atoms with Crippen molar-refractivity contribution in [2.75, 3.05) is 11.9 Å². The van der Waals surface area contributed by atoms with Gasteiger partial charge in [-0.2, -0.15) is 0 Å². The Kier molecular flexibility index (Phi) is 4.06. The fourth-order valence-electron chi connectivity index (χ4n) is 2.21. The number of hydrogen-bond donors (Lipinski definition) is 2. The molecule has 0 aliphatic heterocycles. The first-order valence-corrected chi connectivity index (χ1v) is 6.81. The Morgan fingerprint density at radius 3 is 2.65 bits per heavy atom. The Morgan fingerprint density at radius 1 is 1.41 bits per heavy atom. The van der Waals surface area contributed by atoms with Gasteiger partial charge in [0.1, 0.15) is 5.01 Å². The lowest BCUT2D eigenvalue weighted by Gasteiger charge is -2.26. The van der Waals surface area contributed by atoms with Crippen LogP contribution in [0.3, 0.4) is 0 Å². The second-order valence-corrected chi connectivity index (χ2v) is 5.75. The summed E-state index contributed by atoms with van der Waals surface area (Å²) in [6.07, 6.45) is 3.99. The predicted molar refractivity (Wildman–Crippen MR) is 67.8 cm³/mol. The molecule has 0 unspecified atom stereocenters. The highest BCUT2D eigenvalue weighted by atomic mass is 32.1. The quantitative estimate of drug-likeness (QED) is 0.857. The van der Waals surface area contributed by atoms with Crippen molar-refractivity contribution < 1.29 is 4.79 Å². The van der Waals surface area contributed by atoms with Gasteiger partial charge in [-0.1, -0.05) is 11.3 Å². The van der Waals surface area contributed by atoms with Gasteiger partial charge in [-0.3, -0.25) is 4.79 Å². The van der Waals surface area contributed by atoms with Gasteiger partial charge in [0, 0.05) is 5.92 Å². The Bertz CT molecular complexity index is 385. The molecule has 0 atom stereocenters. The molecule has 6 heteroatoms. The van der Waals surface area contributed by atoms with Gasteiger partial charge in [0.15, 0.2) is 0 Å². The van der Waals surface area contributed by atoms with E-state index in [1.807, 2.05) is 6.92 Å². The summed E-state index contributed by atoms with van der Waals surface area (Å²) in [5, 5.41) is 12.1. The van der Waals surface area contributed by atoms with Crippen molar-refractivity contribution in [2.24, 2.45) is 17.6 Å². The Balaban J connectivity index is 1.85. The van der Waals surface area contributed by atoms with E-state index >= 15 is 0 Å². The van der Waals surface area contributed by atoms with Crippen molar-refractivity contribution in [3.63, 3.8) is 0 Å². The van der Waals surface area contributed by atoms with Crippen LogP contribution in [0.1, 0.15) is 30.7 Å². The minimum atomic E-state index is 0.0802. The number of aryl methyl sites for hydroxylation is 1. The van der Waals surface area contributed by atoms with Gasteiger partial charge in [-0.15, -0.1) is 10.2 Å². The maximum absolute atomic E-state index is 12.0. The highest BCUT2D eigenvalue weighted by molar-refractivity contribution is 7.15. The Morgan fingerprint density at radius 2 is 2.12 bits per heavy atom. The third kappa shape index (κ3) is 3.23. The van der Waals surface area contributed by atoms with Crippen LogP contribution in [0.15, 0.2) is 0 Å². The molecule has 0 bridgehead atoms. The number of anilines is 1. The Labute approximate surface area is 105 Å². The lowest BCUT2D eigenvalue weighted by atomic mass is 9.82. The summed E-state index contributed by atoms with van der Waals surface area (Å²) in [5.74, 6) is 0.793. The van der Waals surface area contributed by atoms with Crippen molar-refractivity contribution >= 4 is 22.4 Å². The molecule has 1 fully saturated rings. The maximum Gasteiger partial charge on any atom is 0.229 e. The van der Waals surface area contributed by atoms with Gasteiger partial charge in [0.2, 0.25) is 11.0 Å². The van der Waals surface area contributed by atoms with Gasteiger partial charge in [-0.25, -0.2) is 0 Å². The first kappa shape index (κ1) is 12.4. The molecule has 94 valence electrons. The molecular formula is C11H18N4OS. The van der Waals surface area contributed by atoms with Gasteiger partial charge < -0.3 is 11.1 Å². The van der Waals surface area contributed by atoms with E-state index in [-0.39, 0.29) is 11.8 Å². The molecule has 0 spiro atoms. The third-order valence-corrected chi connectivity index (χ3v) is 4.06. The second kappa shape index (κ2) is 5.55. The van der Waals surface area contributed by atoms with Gasteiger partial charge >= 0.3 is 0 Å². The number of aromatic nitrogens is 2. The van der Waals surface area contributed by atoms with Crippen LogP contribution in [0.2, 0.25) is 0 Å². The summed E-state index contributed by atoms with van der Waals surface area (Å²) in [5.41, 5.74) is 5.63. The normalized spacial score (nSPS) is 24.6. The molecule has 1 aromatic rings. The number of rotatable bonds is 3. The number of hydrogen-bond acceptors (Lipinski definition) is 5.